The van der Waals surface area contributed by atoms with E-state index in [0.717, 1.165) is 31.5 Å². The Hall–Kier alpha value is -1.82. The van der Waals surface area contributed by atoms with Gasteiger partial charge >= 0.3 is 0 Å². The molecule has 0 radical (unpaired) electrons. The highest BCUT2D eigenvalue weighted by Crippen LogP contribution is 2.24. The topological polar surface area (TPSA) is 33.3 Å². The van der Waals surface area contributed by atoms with Crippen LogP contribution < -0.4 is 15.6 Å². The van der Waals surface area contributed by atoms with Crippen LogP contribution in [0.5, 0.6) is 5.75 Å². The molecule has 0 aliphatic rings. The number of anilines is 1. The second-order valence-corrected chi connectivity index (χ2v) is 7.34. The van der Waals surface area contributed by atoms with E-state index in [0.29, 0.717) is 13.2 Å². The lowest BCUT2D eigenvalue weighted by atomic mass is 10.2. The fourth-order valence-electron chi connectivity index (χ4n) is 2.33. The lowest BCUT2D eigenvalue weighted by molar-refractivity contribution is 0.302. The number of rotatable bonds is 7. The van der Waals surface area contributed by atoms with E-state index in [2.05, 4.69) is 60.9 Å². The summed E-state index contributed by atoms with van der Waals surface area (Å²) in [6, 6.07) is 24.2. The quantitative estimate of drug-likeness (QED) is 0.429. The van der Waals surface area contributed by atoms with E-state index < -0.39 is 0 Å². The summed E-state index contributed by atoms with van der Waals surface area (Å²) in [5.41, 5.74) is 9.66. The van der Waals surface area contributed by atoms with Gasteiger partial charge in [-0.1, -0.05) is 62.2 Å². The summed E-state index contributed by atoms with van der Waals surface area (Å²) in [6.07, 6.45) is 0. The van der Waals surface area contributed by atoms with Crippen LogP contribution >= 0.6 is 31.9 Å². The maximum absolute atomic E-state index is 6.02. The highest BCUT2D eigenvalue weighted by atomic mass is 79.9. The molecule has 0 heterocycles. The van der Waals surface area contributed by atoms with Crippen molar-refractivity contribution in [1.29, 1.82) is 0 Å². The van der Waals surface area contributed by atoms with Crippen LogP contribution in [0.1, 0.15) is 11.1 Å². The van der Waals surface area contributed by atoms with Crippen LogP contribution in [0.15, 0.2) is 81.7 Å². The number of para-hydroxylation sites is 1. The molecule has 0 aromatic heterocycles. The van der Waals surface area contributed by atoms with Crippen molar-refractivity contribution in [2.45, 2.75) is 13.2 Å². The SMILES string of the molecule is Brc1ccc(COc2ccc(Br)cc2CNNc2ccccc2)cc1. The summed E-state index contributed by atoms with van der Waals surface area (Å²) in [7, 11) is 0. The fourth-order valence-corrected chi connectivity index (χ4v) is 3.00. The average molecular weight is 462 g/mol. The van der Waals surface area contributed by atoms with Crippen molar-refractivity contribution in [3.8, 4) is 5.75 Å². The van der Waals surface area contributed by atoms with Crippen molar-refractivity contribution in [3.05, 3.63) is 92.9 Å². The second-order valence-electron chi connectivity index (χ2n) is 5.51. The molecule has 3 aromatic carbocycles. The van der Waals surface area contributed by atoms with Crippen LogP contribution in [0.4, 0.5) is 5.69 Å². The van der Waals surface area contributed by atoms with Crippen molar-refractivity contribution in [2.75, 3.05) is 5.43 Å². The van der Waals surface area contributed by atoms with Gasteiger partial charge in [0.25, 0.3) is 0 Å². The molecule has 0 atom stereocenters. The fraction of sp³-hybridized carbons (Fsp3) is 0.100. The number of benzene rings is 3. The van der Waals surface area contributed by atoms with E-state index in [1.165, 1.54) is 0 Å². The molecule has 0 bridgehead atoms. The molecule has 0 aliphatic carbocycles. The van der Waals surface area contributed by atoms with Crippen LogP contribution in [0.3, 0.4) is 0 Å². The molecule has 0 spiro atoms. The van der Waals surface area contributed by atoms with Gasteiger partial charge in [-0.3, -0.25) is 0 Å². The Morgan fingerprint density at radius 1 is 0.800 bits per heavy atom. The number of ether oxygens (including phenoxy) is 1. The zero-order chi connectivity index (χ0) is 17.5. The molecule has 0 aliphatic heterocycles. The summed E-state index contributed by atoms with van der Waals surface area (Å²) in [4.78, 5) is 0. The summed E-state index contributed by atoms with van der Waals surface area (Å²) < 4.78 is 8.11. The molecule has 3 nitrogen and oxygen atoms in total. The zero-order valence-corrected chi connectivity index (χ0v) is 16.7. The van der Waals surface area contributed by atoms with Gasteiger partial charge in [0.15, 0.2) is 0 Å². The van der Waals surface area contributed by atoms with Crippen LogP contribution in [0.2, 0.25) is 0 Å². The third-order valence-electron chi connectivity index (χ3n) is 3.62. The minimum atomic E-state index is 0.536. The Kier molecular flexibility index (Phi) is 6.50. The minimum Gasteiger partial charge on any atom is -0.489 e. The Labute approximate surface area is 164 Å². The summed E-state index contributed by atoms with van der Waals surface area (Å²) in [5.74, 6) is 0.869. The first-order valence-corrected chi connectivity index (χ1v) is 9.49. The van der Waals surface area contributed by atoms with Crippen LogP contribution in [0.25, 0.3) is 0 Å². The molecule has 128 valence electrons. The van der Waals surface area contributed by atoms with Gasteiger partial charge in [0.1, 0.15) is 12.4 Å². The molecule has 0 fully saturated rings. The molecule has 25 heavy (non-hydrogen) atoms. The Morgan fingerprint density at radius 2 is 1.52 bits per heavy atom. The van der Waals surface area contributed by atoms with Crippen LogP contribution in [0, 0.1) is 0 Å². The lowest BCUT2D eigenvalue weighted by Crippen LogP contribution is -2.21. The molecule has 0 amide bonds. The highest BCUT2D eigenvalue weighted by Gasteiger charge is 2.05. The van der Waals surface area contributed by atoms with Crippen LogP contribution in [-0.2, 0) is 13.2 Å². The molecule has 2 N–H and O–H groups in total. The first kappa shape index (κ1) is 18.0. The maximum Gasteiger partial charge on any atom is 0.124 e. The summed E-state index contributed by atoms with van der Waals surface area (Å²) in [5, 5.41) is 0. The molecule has 3 aromatic rings. The largest absolute Gasteiger partial charge is 0.489 e. The van der Waals surface area contributed by atoms with Gasteiger partial charge in [-0.15, -0.1) is 0 Å². The Morgan fingerprint density at radius 3 is 2.28 bits per heavy atom. The summed E-state index contributed by atoms with van der Waals surface area (Å²) in [6.45, 7) is 1.18. The van der Waals surface area contributed by atoms with Gasteiger partial charge in [-0.25, -0.2) is 5.43 Å². The molecule has 0 unspecified atom stereocenters. The lowest BCUT2D eigenvalue weighted by Gasteiger charge is -2.14. The van der Waals surface area contributed by atoms with Gasteiger partial charge in [-0.05, 0) is 48.0 Å². The molecule has 3 rings (SSSR count). The first-order valence-electron chi connectivity index (χ1n) is 7.90. The van der Waals surface area contributed by atoms with Crippen molar-refractivity contribution in [2.24, 2.45) is 0 Å². The third-order valence-corrected chi connectivity index (χ3v) is 4.64. The van der Waals surface area contributed by atoms with Crippen molar-refractivity contribution in [3.63, 3.8) is 0 Å². The van der Waals surface area contributed by atoms with Crippen molar-refractivity contribution in [1.82, 2.24) is 5.43 Å². The first-order chi connectivity index (χ1) is 12.2. The molecule has 0 saturated carbocycles. The smallest absolute Gasteiger partial charge is 0.124 e. The van der Waals surface area contributed by atoms with Gasteiger partial charge in [0.2, 0.25) is 0 Å². The van der Waals surface area contributed by atoms with E-state index in [4.69, 9.17) is 4.74 Å². The molecular weight excluding hydrogens is 444 g/mol. The number of nitrogens with one attached hydrogen (secondary N) is 2. The number of hydrogen-bond donors (Lipinski definition) is 2. The van der Waals surface area contributed by atoms with Crippen molar-refractivity contribution >= 4 is 37.5 Å². The summed E-state index contributed by atoms with van der Waals surface area (Å²) >= 11 is 6.98. The van der Waals surface area contributed by atoms with Crippen LogP contribution in [-0.4, -0.2) is 0 Å². The monoisotopic (exact) mass is 460 g/mol. The molecular formula is C20H18Br2N2O. The van der Waals surface area contributed by atoms with E-state index >= 15 is 0 Å². The second kappa shape index (κ2) is 9.04. The average Bonchev–Trinajstić information content (AvgIpc) is 2.63. The predicted octanol–water partition coefficient (Wildman–Crippen LogP) is 5.91. The van der Waals surface area contributed by atoms with Gasteiger partial charge < -0.3 is 10.2 Å². The number of hydrazine groups is 1. The van der Waals surface area contributed by atoms with Crippen molar-refractivity contribution < 1.29 is 4.74 Å². The van der Waals surface area contributed by atoms with Gasteiger partial charge in [-0.2, -0.15) is 0 Å². The molecule has 0 saturated heterocycles. The van der Waals surface area contributed by atoms with E-state index in [9.17, 15) is 0 Å². The van der Waals surface area contributed by atoms with E-state index in [1.807, 2.05) is 54.6 Å². The Balaban J connectivity index is 1.62. The normalized spacial score (nSPS) is 10.5. The third kappa shape index (κ3) is 5.59. The Bertz CT molecular complexity index is 808. The zero-order valence-electron chi connectivity index (χ0n) is 13.5. The minimum absolute atomic E-state index is 0.536. The van der Waals surface area contributed by atoms with Gasteiger partial charge in [0, 0.05) is 26.7 Å². The number of hydrogen-bond acceptors (Lipinski definition) is 3. The predicted molar refractivity (Wildman–Crippen MR) is 110 cm³/mol. The van der Waals surface area contributed by atoms with Gasteiger partial charge in [0.05, 0.1) is 0 Å². The van der Waals surface area contributed by atoms with E-state index in [1.54, 1.807) is 0 Å². The maximum atomic E-state index is 6.02. The van der Waals surface area contributed by atoms with E-state index in [-0.39, 0.29) is 0 Å². The number of halogens is 2. The standard InChI is InChI=1S/C20H18Br2N2O/c21-17-8-6-15(7-9-17)14-25-20-11-10-18(22)12-16(20)13-23-24-19-4-2-1-3-5-19/h1-12,23-24H,13-14H2. The molecule has 5 heteroatoms. The highest BCUT2D eigenvalue weighted by molar-refractivity contribution is 9.10.